The molecule has 0 heterocycles. The Morgan fingerprint density at radius 3 is 2.53 bits per heavy atom. The van der Waals surface area contributed by atoms with Crippen molar-refractivity contribution >= 4 is 23.2 Å². The molecule has 1 N–H and O–H groups in total. The maximum Gasteiger partial charge on any atom is 0.138 e. The lowest BCUT2D eigenvalue weighted by Gasteiger charge is -2.27. The molecule has 19 heavy (non-hydrogen) atoms. The molecule has 0 radical (unpaired) electrons. The van der Waals surface area contributed by atoms with Crippen LogP contribution in [0.5, 0.6) is 5.75 Å². The van der Waals surface area contributed by atoms with E-state index in [9.17, 15) is 5.11 Å². The molecule has 0 aliphatic rings. The Morgan fingerprint density at radius 2 is 2.00 bits per heavy atom. The van der Waals surface area contributed by atoms with Gasteiger partial charge in [0.2, 0.25) is 0 Å². The first-order chi connectivity index (χ1) is 8.81. The number of hydrogen-bond donors (Lipinski definition) is 1. The van der Waals surface area contributed by atoms with Crippen molar-refractivity contribution in [1.29, 1.82) is 0 Å². The first-order valence-electron chi connectivity index (χ1n) is 6.34. The molecule has 0 aliphatic heterocycles. The van der Waals surface area contributed by atoms with Crippen molar-refractivity contribution in [2.24, 2.45) is 0 Å². The third-order valence-electron chi connectivity index (χ3n) is 2.62. The summed E-state index contributed by atoms with van der Waals surface area (Å²) < 4.78 is 5.62. The summed E-state index contributed by atoms with van der Waals surface area (Å²) in [7, 11) is 0. The lowest BCUT2D eigenvalue weighted by Crippen LogP contribution is -2.40. The Balaban J connectivity index is 2.44. The largest absolute Gasteiger partial charge is 0.491 e. The van der Waals surface area contributed by atoms with Crippen molar-refractivity contribution in [2.75, 3.05) is 26.2 Å². The van der Waals surface area contributed by atoms with Crippen LogP contribution in [0.25, 0.3) is 0 Å². The van der Waals surface area contributed by atoms with Crippen LogP contribution >= 0.6 is 23.2 Å². The van der Waals surface area contributed by atoms with Gasteiger partial charge in [0.1, 0.15) is 12.4 Å². The highest BCUT2D eigenvalue weighted by Gasteiger charge is 2.17. The molecule has 1 rings (SSSR count). The molecule has 0 unspecified atom stereocenters. The Kier molecular flexibility index (Phi) is 6.40. The standard InChI is InChI=1S/C14H21Cl2NO2/c1-4-17(10-14(2,3)18)7-8-19-13-6-5-11(15)9-12(13)16/h5-6,9,18H,4,7-8,10H2,1-3H3. The average Bonchev–Trinajstić information content (AvgIpc) is 2.29. The molecule has 0 saturated heterocycles. The second-order valence-electron chi connectivity index (χ2n) is 5.10. The molecular weight excluding hydrogens is 285 g/mol. The van der Waals surface area contributed by atoms with Gasteiger partial charge in [-0.05, 0) is 38.6 Å². The maximum atomic E-state index is 9.79. The molecule has 0 fully saturated rings. The summed E-state index contributed by atoms with van der Waals surface area (Å²) in [6, 6.07) is 5.17. The number of ether oxygens (including phenoxy) is 1. The number of benzene rings is 1. The first-order valence-corrected chi connectivity index (χ1v) is 7.10. The Bertz CT molecular complexity index is 405. The van der Waals surface area contributed by atoms with Crippen LogP contribution < -0.4 is 4.74 Å². The van der Waals surface area contributed by atoms with Crippen molar-refractivity contribution in [3.05, 3.63) is 28.2 Å². The minimum atomic E-state index is -0.700. The number of nitrogens with zero attached hydrogens (tertiary/aromatic N) is 1. The number of aliphatic hydroxyl groups is 1. The third kappa shape index (κ3) is 6.48. The van der Waals surface area contributed by atoms with Gasteiger partial charge in [0.25, 0.3) is 0 Å². The quantitative estimate of drug-likeness (QED) is 0.837. The lowest BCUT2D eigenvalue weighted by atomic mass is 10.1. The van der Waals surface area contributed by atoms with Crippen LogP contribution in [0.4, 0.5) is 0 Å². The molecular formula is C14H21Cl2NO2. The maximum absolute atomic E-state index is 9.79. The van der Waals surface area contributed by atoms with Crippen molar-refractivity contribution < 1.29 is 9.84 Å². The van der Waals surface area contributed by atoms with E-state index < -0.39 is 5.60 Å². The molecule has 3 nitrogen and oxygen atoms in total. The molecule has 5 heteroatoms. The second-order valence-corrected chi connectivity index (χ2v) is 5.95. The van der Waals surface area contributed by atoms with E-state index in [1.807, 2.05) is 0 Å². The summed E-state index contributed by atoms with van der Waals surface area (Å²) in [6.07, 6.45) is 0. The number of hydrogen-bond acceptors (Lipinski definition) is 3. The van der Waals surface area contributed by atoms with E-state index in [1.54, 1.807) is 32.0 Å². The molecule has 0 bridgehead atoms. The van der Waals surface area contributed by atoms with Crippen LogP contribution in [-0.2, 0) is 0 Å². The van der Waals surface area contributed by atoms with Gasteiger partial charge in [0, 0.05) is 18.1 Å². The van der Waals surface area contributed by atoms with Gasteiger partial charge in [0.15, 0.2) is 0 Å². The van der Waals surface area contributed by atoms with E-state index in [0.717, 1.165) is 13.1 Å². The topological polar surface area (TPSA) is 32.7 Å². The van der Waals surface area contributed by atoms with Gasteiger partial charge in [-0.1, -0.05) is 30.1 Å². The minimum absolute atomic E-state index is 0.512. The van der Waals surface area contributed by atoms with Crippen LogP contribution in [0.1, 0.15) is 20.8 Å². The third-order valence-corrected chi connectivity index (χ3v) is 3.15. The van der Waals surface area contributed by atoms with E-state index >= 15 is 0 Å². The van der Waals surface area contributed by atoms with Gasteiger partial charge in [-0.2, -0.15) is 0 Å². The van der Waals surface area contributed by atoms with Crippen molar-refractivity contribution in [2.45, 2.75) is 26.4 Å². The van der Waals surface area contributed by atoms with Gasteiger partial charge in [-0.25, -0.2) is 0 Å². The van der Waals surface area contributed by atoms with Gasteiger partial charge < -0.3 is 9.84 Å². The van der Waals surface area contributed by atoms with E-state index in [0.29, 0.717) is 28.9 Å². The zero-order valence-corrected chi connectivity index (χ0v) is 13.1. The Hall–Kier alpha value is -0.480. The van der Waals surface area contributed by atoms with E-state index in [2.05, 4.69) is 11.8 Å². The van der Waals surface area contributed by atoms with Gasteiger partial charge in [-0.15, -0.1) is 0 Å². The minimum Gasteiger partial charge on any atom is -0.491 e. The Morgan fingerprint density at radius 1 is 1.32 bits per heavy atom. The highest BCUT2D eigenvalue weighted by Crippen LogP contribution is 2.27. The zero-order chi connectivity index (χ0) is 14.5. The highest BCUT2D eigenvalue weighted by atomic mass is 35.5. The fourth-order valence-electron chi connectivity index (χ4n) is 1.77. The van der Waals surface area contributed by atoms with E-state index in [4.69, 9.17) is 27.9 Å². The Labute approximate surface area is 125 Å². The van der Waals surface area contributed by atoms with Crippen molar-refractivity contribution in [1.82, 2.24) is 4.90 Å². The van der Waals surface area contributed by atoms with Crippen LogP contribution in [0.15, 0.2) is 18.2 Å². The second kappa shape index (κ2) is 7.34. The molecule has 0 saturated carbocycles. The molecule has 0 aliphatic carbocycles. The molecule has 1 aromatic rings. The molecule has 1 aromatic carbocycles. The summed E-state index contributed by atoms with van der Waals surface area (Å²) in [5.74, 6) is 0.630. The van der Waals surface area contributed by atoms with E-state index in [1.165, 1.54) is 0 Å². The monoisotopic (exact) mass is 305 g/mol. The number of likely N-dealkylation sites (N-methyl/N-ethyl adjacent to an activating group) is 1. The van der Waals surface area contributed by atoms with Crippen molar-refractivity contribution in [3.8, 4) is 5.75 Å². The van der Waals surface area contributed by atoms with E-state index in [-0.39, 0.29) is 0 Å². The van der Waals surface area contributed by atoms with Crippen LogP contribution in [0, 0.1) is 0 Å². The normalized spacial score (nSPS) is 11.9. The average molecular weight is 306 g/mol. The van der Waals surface area contributed by atoms with Crippen molar-refractivity contribution in [3.63, 3.8) is 0 Å². The number of rotatable bonds is 7. The van der Waals surface area contributed by atoms with Gasteiger partial charge in [0.05, 0.1) is 10.6 Å². The zero-order valence-electron chi connectivity index (χ0n) is 11.6. The number of halogens is 2. The lowest BCUT2D eigenvalue weighted by molar-refractivity contribution is 0.0340. The summed E-state index contributed by atoms with van der Waals surface area (Å²) in [5.41, 5.74) is -0.700. The van der Waals surface area contributed by atoms with Crippen LogP contribution in [0.2, 0.25) is 10.0 Å². The summed E-state index contributed by atoms with van der Waals surface area (Å²) >= 11 is 11.8. The fraction of sp³-hybridized carbons (Fsp3) is 0.571. The van der Waals surface area contributed by atoms with Gasteiger partial charge in [-0.3, -0.25) is 4.90 Å². The van der Waals surface area contributed by atoms with Crippen LogP contribution in [0.3, 0.4) is 0 Å². The fourth-order valence-corrected chi connectivity index (χ4v) is 2.24. The molecule has 0 atom stereocenters. The molecule has 108 valence electrons. The smallest absolute Gasteiger partial charge is 0.138 e. The SMILES string of the molecule is CCN(CCOc1ccc(Cl)cc1Cl)CC(C)(C)O. The molecule has 0 aromatic heterocycles. The highest BCUT2D eigenvalue weighted by molar-refractivity contribution is 6.35. The van der Waals surface area contributed by atoms with Crippen LogP contribution in [-0.4, -0.2) is 41.8 Å². The predicted octanol–water partition coefficient (Wildman–Crippen LogP) is 3.47. The first kappa shape index (κ1) is 16.6. The summed E-state index contributed by atoms with van der Waals surface area (Å²) in [4.78, 5) is 2.13. The summed E-state index contributed by atoms with van der Waals surface area (Å²) in [6.45, 7) is 8.38. The molecule has 0 amide bonds. The predicted molar refractivity (Wildman–Crippen MR) is 80.4 cm³/mol. The molecule has 0 spiro atoms. The summed E-state index contributed by atoms with van der Waals surface area (Å²) in [5, 5.41) is 10.9. The van der Waals surface area contributed by atoms with Gasteiger partial charge >= 0.3 is 0 Å².